The number of halogens is 5. The Morgan fingerprint density at radius 3 is 2.32 bits per heavy atom. The second kappa shape index (κ2) is 16.2. The molecule has 8 rings (SSSR count). The molecule has 2 aromatic carbocycles. The smallest absolute Gasteiger partial charge is 0.472 e. The van der Waals surface area contributed by atoms with E-state index in [1.54, 1.807) is 60.3 Å². The molecule has 6 heterocycles. The first-order valence-electron chi connectivity index (χ1n) is 21.0. The number of ether oxygens (including phenoxy) is 5. The van der Waals surface area contributed by atoms with E-state index in [1.165, 1.54) is 12.4 Å². The molecule has 65 heavy (non-hydrogen) atoms. The Bertz CT molecular complexity index is 2690. The molecule has 2 saturated heterocycles. The number of anilines is 2. The topological polar surface area (TPSA) is 150 Å². The minimum Gasteiger partial charge on any atom is -0.472 e. The van der Waals surface area contributed by atoms with Crippen LogP contribution in [0.15, 0.2) is 54.9 Å². The summed E-state index contributed by atoms with van der Waals surface area (Å²) in [7, 11) is 0. The summed E-state index contributed by atoms with van der Waals surface area (Å²) in [5.41, 5.74) is -3.29. The molecule has 14 nitrogen and oxygen atoms in total. The van der Waals surface area contributed by atoms with Crippen LogP contribution in [0.3, 0.4) is 0 Å². The highest BCUT2D eigenvalue weighted by atomic mass is 19.4. The average molecular weight is 906 g/mol. The third-order valence-corrected chi connectivity index (χ3v) is 11.3. The number of pyridine rings is 2. The maximum atomic E-state index is 17.9. The number of nitrogens with one attached hydrogen (secondary N) is 1. The van der Waals surface area contributed by atoms with Gasteiger partial charge in [0.15, 0.2) is 17.4 Å². The number of benzene rings is 2. The molecule has 0 saturated carbocycles. The molecule has 1 N–H and O–H groups in total. The van der Waals surface area contributed by atoms with Crippen molar-refractivity contribution in [2.24, 2.45) is 0 Å². The number of hydrogen-bond donors (Lipinski definition) is 1. The van der Waals surface area contributed by atoms with Gasteiger partial charge in [0, 0.05) is 23.7 Å². The molecule has 2 amide bonds. The number of nitrogens with zero attached hydrogens (tertiary/aromatic N) is 6. The average Bonchev–Trinajstić information content (AvgIpc) is 3.38. The van der Waals surface area contributed by atoms with Crippen molar-refractivity contribution in [3.05, 3.63) is 77.6 Å². The Balaban J connectivity index is 1.35. The summed E-state index contributed by atoms with van der Waals surface area (Å²) in [6.45, 7) is 15.6. The number of carbonyl (C=O) groups excluding carboxylic acids is 2. The Morgan fingerprint density at radius 2 is 1.65 bits per heavy atom. The van der Waals surface area contributed by atoms with Crippen molar-refractivity contribution in [2.75, 3.05) is 16.8 Å². The zero-order valence-electron chi connectivity index (χ0n) is 37.2. The van der Waals surface area contributed by atoms with Crippen molar-refractivity contribution in [3.63, 3.8) is 0 Å². The van der Waals surface area contributed by atoms with E-state index in [1.807, 2.05) is 42.2 Å². The predicted molar refractivity (Wildman–Crippen MR) is 229 cm³/mol. The molecule has 0 aliphatic carbocycles. The van der Waals surface area contributed by atoms with Gasteiger partial charge in [0.25, 0.3) is 0 Å². The van der Waals surface area contributed by atoms with Gasteiger partial charge >= 0.3 is 18.5 Å². The van der Waals surface area contributed by atoms with Gasteiger partial charge < -0.3 is 28.6 Å². The zero-order chi connectivity index (χ0) is 47.0. The maximum absolute atomic E-state index is 17.9. The molecule has 3 aromatic heterocycles. The molecular formula is C46H48F5N7O7. The van der Waals surface area contributed by atoms with Gasteiger partial charge in [-0.1, -0.05) is 30.3 Å². The molecule has 2 bridgehead atoms. The highest BCUT2D eigenvalue weighted by molar-refractivity contribution is 6.04. The Morgan fingerprint density at radius 1 is 0.938 bits per heavy atom. The van der Waals surface area contributed by atoms with Crippen molar-refractivity contribution in [3.8, 4) is 40.2 Å². The van der Waals surface area contributed by atoms with E-state index in [0.717, 1.165) is 11.6 Å². The molecule has 4 atom stereocenters. The summed E-state index contributed by atoms with van der Waals surface area (Å²) in [4.78, 5) is 49.2. The second-order valence-corrected chi connectivity index (χ2v) is 18.7. The summed E-state index contributed by atoms with van der Waals surface area (Å²) >= 11 is 0. The fraction of sp³-hybridized carbons (Fsp3) is 0.435. The van der Waals surface area contributed by atoms with E-state index in [-0.39, 0.29) is 64.1 Å². The highest BCUT2D eigenvalue weighted by Gasteiger charge is 2.59. The largest absolute Gasteiger partial charge is 0.573 e. The number of aryl methyl sites for hydroxylation is 1. The highest BCUT2D eigenvalue weighted by Crippen LogP contribution is 2.52. The van der Waals surface area contributed by atoms with E-state index in [4.69, 9.17) is 28.9 Å². The molecule has 5 aromatic rings. The zero-order valence-corrected chi connectivity index (χ0v) is 37.2. The van der Waals surface area contributed by atoms with Crippen LogP contribution in [0, 0.1) is 18.6 Å². The van der Waals surface area contributed by atoms with Crippen LogP contribution in [0.1, 0.15) is 79.4 Å². The summed E-state index contributed by atoms with van der Waals surface area (Å²) in [5, 5.41) is 2.19. The monoisotopic (exact) mass is 905 g/mol. The normalized spacial score (nSPS) is 20.4. The Labute approximate surface area is 371 Å². The number of carbonyl (C=O) groups is 2. The molecular weight excluding hydrogens is 858 g/mol. The number of alkyl halides is 3. The third-order valence-electron chi connectivity index (χ3n) is 11.3. The predicted octanol–water partition coefficient (Wildman–Crippen LogP) is 10.3. The van der Waals surface area contributed by atoms with Gasteiger partial charge in [0.2, 0.25) is 11.8 Å². The lowest BCUT2D eigenvalue weighted by Crippen LogP contribution is -2.69. The second-order valence-electron chi connectivity index (χ2n) is 18.7. The van der Waals surface area contributed by atoms with E-state index in [2.05, 4.69) is 20.0 Å². The number of rotatable bonds is 7. The van der Waals surface area contributed by atoms with Crippen LogP contribution in [-0.2, 0) is 16.1 Å². The van der Waals surface area contributed by atoms with Crippen LogP contribution in [0.4, 0.5) is 43.0 Å². The number of fused-ring (bicyclic) bond motifs is 5. The van der Waals surface area contributed by atoms with E-state index in [9.17, 15) is 22.8 Å². The maximum Gasteiger partial charge on any atom is 0.573 e. The fourth-order valence-electron chi connectivity index (χ4n) is 8.89. The quantitative estimate of drug-likeness (QED) is 0.155. The van der Waals surface area contributed by atoms with Crippen LogP contribution >= 0.6 is 0 Å². The lowest BCUT2D eigenvalue weighted by atomic mass is 9.93. The fourth-order valence-corrected chi connectivity index (χ4v) is 8.89. The van der Waals surface area contributed by atoms with Crippen molar-refractivity contribution in [2.45, 2.75) is 123 Å². The van der Waals surface area contributed by atoms with E-state index < -0.39 is 82.1 Å². The first kappa shape index (κ1) is 45.1. The van der Waals surface area contributed by atoms with E-state index >= 15 is 8.78 Å². The first-order valence-corrected chi connectivity index (χ1v) is 21.0. The van der Waals surface area contributed by atoms with Gasteiger partial charge in [-0.3, -0.25) is 15.2 Å². The van der Waals surface area contributed by atoms with Gasteiger partial charge in [-0.25, -0.2) is 33.3 Å². The number of aromatic nitrogens is 4. The summed E-state index contributed by atoms with van der Waals surface area (Å²) in [6.07, 6.45) is -3.89. The molecule has 0 unspecified atom stereocenters. The van der Waals surface area contributed by atoms with Crippen molar-refractivity contribution < 1.29 is 55.2 Å². The van der Waals surface area contributed by atoms with Crippen molar-refractivity contribution in [1.29, 1.82) is 0 Å². The number of piperazine rings is 1. The third kappa shape index (κ3) is 8.96. The van der Waals surface area contributed by atoms with Gasteiger partial charge in [-0.05, 0) is 92.3 Å². The van der Waals surface area contributed by atoms with Gasteiger partial charge in [0.1, 0.15) is 41.1 Å². The standard InChI is InChI=1S/C46H48F5N7O7/c1-23-32-33-39(55-35(23)29-19-52-20-31(54-29)61-21-25-13-11-10-12-14-25)57-22-45(9)16-15-30(58(45)42(60)65-44(6,7)8)37(57)24(2)62-40(33)56-36(34(32)48)27-17-26(53-41(59)64-43(3,4)5)18-28(47)38(27)63-46(49,50)51/h10-14,17-20,24,30,37H,15-16,21-22H2,1-9H3,(H,53,59)/t24-,30-,37+,45+/m0/s1. The van der Waals surface area contributed by atoms with Crippen LogP contribution in [0.5, 0.6) is 17.5 Å². The molecule has 2 fully saturated rings. The van der Waals surface area contributed by atoms with Gasteiger partial charge in [0.05, 0.1) is 46.7 Å². The van der Waals surface area contributed by atoms with Gasteiger partial charge in [-0.15, -0.1) is 13.2 Å². The summed E-state index contributed by atoms with van der Waals surface area (Å²) < 4.78 is 104. The summed E-state index contributed by atoms with van der Waals surface area (Å²) in [6, 6.07) is 9.69. The minimum absolute atomic E-state index is 0.0711. The molecule has 19 heteroatoms. The van der Waals surface area contributed by atoms with Crippen LogP contribution in [-0.4, -0.2) is 84.9 Å². The molecule has 3 aliphatic rings. The molecule has 0 radical (unpaired) electrons. The number of amides is 2. The number of hydrogen-bond acceptors (Lipinski definition) is 12. The Kier molecular flexibility index (Phi) is 11.2. The SMILES string of the molecule is Cc1c(-c2cncc(OCc3ccccc3)n2)nc2c3c(nc(-c4cc(NC(=O)OC(C)(C)C)cc(F)c4OC(F)(F)F)c(F)c13)O[C@@H](C)[C@@H]1[C@@H]3CC[C@](C)(CN21)N3C(=O)OC(C)(C)C. The molecule has 344 valence electrons. The van der Waals surface area contributed by atoms with Gasteiger partial charge in [-0.2, -0.15) is 0 Å². The van der Waals surface area contributed by atoms with Crippen LogP contribution in [0.25, 0.3) is 33.4 Å². The first-order chi connectivity index (χ1) is 30.4. The van der Waals surface area contributed by atoms with Crippen LogP contribution < -0.4 is 24.4 Å². The Hall–Kier alpha value is -6.53. The molecule has 0 spiro atoms. The van der Waals surface area contributed by atoms with E-state index in [0.29, 0.717) is 18.9 Å². The van der Waals surface area contributed by atoms with Crippen LogP contribution in [0.2, 0.25) is 0 Å². The summed E-state index contributed by atoms with van der Waals surface area (Å²) in [5.74, 6) is -4.11. The molecule has 3 aliphatic heterocycles. The van der Waals surface area contributed by atoms with Crippen molar-refractivity contribution >= 4 is 34.5 Å². The van der Waals surface area contributed by atoms with Crippen molar-refractivity contribution in [1.82, 2.24) is 24.8 Å². The lowest BCUT2D eigenvalue weighted by Gasteiger charge is -2.52. The lowest BCUT2D eigenvalue weighted by molar-refractivity contribution is -0.275. The minimum atomic E-state index is -5.44.